The van der Waals surface area contributed by atoms with Crippen LogP contribution in [0.2, 0.25) is 0 Å². The number of carbonyl (C=O) groups is 1. The number of amides is 1. The van der Waals surface area contributed by atoms with Crippen LogP contribution in [-0.2, 0) is 16.0 Å². The first kappa shape index (κ1) is 18.3. The summed E-state index contributed by atoms with van der Waals surface area (Å²) in [7, 11) is 0. The molecule has 3 rings (SSSR count). The fourth-order valence-corrected chi connectivity index (χ4v) is 3.77. The molecule has 1 amide bonds. The molecule has 1 aromatic rings. The smallest absolute Gasteiger partial charge is 0.227 e. The van der Waals surface area contributed by atoms with Gasteiger partial charge in [-0.1, -0.05) is 12.1 Å². The third-order valence-corrected chi connectivity index (χ3v) is 5.34. The van der Waals surface area contributed by atoms with Gasteiger partial charge in [0.15, 0.2) is 0 Å². The highest BCUT2D eigenvalue weighted by Crippen LogP contribution is 2.25. The van der Waals surface area contributed by atoms with Crippen molar-refractivity contribution in [1.82, 2.24) is 9.80 Å². The van der Waals surface area contributed by atoms with Gasteiger partial charge in [-0.2, -0.15) is 0 Å². The normalized spacial score (nSPS) is 24.7. The van der Waals surface area contributed by atoms with Crippen molar-refractivity contribution < 1.29 is 19.0 Å². The second-order valence-electron chi connectivity index (χ2n) is 7.17. The molecule has 2 aliphatic heterocycles. The largest absolute Gasteiger partial charge is 0.396 e. The Hall–Kier alpha value is -1.50. The van der Waals surface area contributed by atoms with Crippen LogP contribution in [0.25, 0.3) is 0 Å². The molecule has 2 atom stereocenters. The molecule has 138 valence electrons. The van der Waals surface area contributed by atoms with Gasteiger partial charge >= 0.3 is 0 Å². The first-order valence-electron chi connectivity index (χ1n) is 9.00. The van der Waals surface area contributed by atoms with Crippen LogP contribution in [0.4, 0.5) is 4.39 Å². The van der Waals surface area contributed by atoms with Gasteiger partial charge in [0.2, 0.25) is 5.91 Å². The minimum Gasteiger partial charge on any atom is -0.396 e. The Bertz CT molecular complexity index is 604. The zero-order valence-electron chi connectivity index (χ0n) is 14.8. The number of aliphatic hydroxyl groups excluding tert-OH is 1. The highest BCUT2D eigenvalue weighted by molar-refractivity contribution is 5.79. The summed E-state index contributed by atoms with van der Waals surface area (Å²) >= 11 is 0. The minimum atomic E-state index is -0.247. The molecule has 0 bridgehead atoms. The number of benzene rings is 1. The SMILES string of the molecule is Cc1cc(CC(=O)N2C[C@@H](CN3CCOCC3)[C@@H](CO)C2)ccc1F. The summed E-state index contributed by atoms with van der Waals surface area (Å²) < 4.78 is 18.8. The molecule has 0 unspecified atom stereocenters. The van der Waals surface area contributed by atoms with Gasteiger partial charge in [0.25, 0.3) is 0 Å². The monoisotopic (exact) mass is 350 g/mol. The molecule has 0 radical (unpaired) electrons. The molecule has 0 spiro atoms. The van der Waals surface area contributed by atoms with Crippen LogP contribution < -0.4 is 0 Å². The number of halogens is 1. The number of ether oxygens (including phenoxy) is 1. The second-order valence-corrected chi connectivity index (χ2v) is 7.17. The average molecular weight is 350 g/mol. The van der Waals surface area contributed by atoms with Crippen molar-refractivity contribution in [2.75, 3.05) is 52.5 Å². The highest BCUT2D eigenvalue weighted by atomic mass is 19.1. The molecule has 2 fully saturated rings. The number of aliphatic hydroxyl groups is 1. The highest BCUT2D eigenvalue weighted by Gasteiger charge is 2.35. The maximum absolute atomic E-state index is 13.4. The lowest BCUT2D eigenvalue weighted by atomic mass is 9.96. The Labute approximate surface area is 148 Å². The third-order valence-electron chi connectivity index (χ3n) is 5.34. The van der Waals surface area contributed by atoms with Gasteiger partial charge in [-0.15, -0.1) is 0 Å². The van der Waals surface area contributed by atoms with E-state index in [1.807, 2.05) is 4.90 Å². The average Bonchev–Trinajstić information content (AvgIpc) is 3.02. The quantitative estimate of drug-likeness (QED) is 0.863. The Morgan fingerprint density at radius 1 is 1.28 bits per heavy atom. The second kappa shape index (κ2) is 8.25. The van der Waals surface area contributed by atoms with Gasteiger partial charge in [0.05, 0.1) is 19.6 Å². The summed E-state index contributed by atoms with van der Waals surface area (Å²) in [5.74, 6) is 0.223. The van der Waals surface area contributed by atoms with Crippen LogP contribution in [0.15, 0.2) is 18.2 Å². The van der Waals surface area contributed by atoms with Crippen LogP contribution in [0.3, 0.4) is 0 Å². The number of carbonyl (C=O) groups excluding carboxylic acids is 1. The molecule has 25 heavy (non-hydrogen) atoms. The zero-order chi connectivity index (χ0) is 17.8. The summed E-state index contributed by atoms with van der Waals surface area (Å²) in [6.07, 6.45) is 0.281. The first-order chi connectivity index (χ1) is 12.1. The molecular weight excluding hydrogens is 323 g/mol. The molecule has 2 aliphatic rings. The Morgan fingerprint density at radius 2 is 2.00 bits per heavy atom. The van der Waals surface area contributed by atoms with Crippen LogP contribution in [0.5, 0.6) is 0 Å². The van der Waals surface area contributed by atoms with Crippen LogP contribution in [-0.4, -0.2) is 73.4 Å². The fourth-order valence-electron chi connectivity index (χ4n) is 3.77. The Kier molecular flexibility index (Phi) is 6.04. The summed E-state index contributed by atoms with van der Waals surface area (Å²) in [5.41, 5.74) is 1.39. The van der Waals surface area contributed by atoms with Gasteiger partial charge < -0.3 is 14.7 Å². The van der Waals surface area contributed by atoms with Crippen molar-refractivity contribution in [3.8, 4) is 0 Å². The third kappa shape index (κ3) is 4.57. The molecule has 2 saturated heterocycles. The number of likely N-dealkylation sites (tertiary alicyclic amines) is 1. The van der Waals surface area contributed by atoms with E-state index < -0.39 is 0 Å². The molecule has 0 aliphatic carbocycles. The fraction of sp³-hybridized carbons (Fsp3) is 0.632. The lowest BCUT2D eigenvalue weighted by Gasteiger charge is -2.30. The van der Waals surface area contributed by atoms with Gasteiger partial charge in [-0.25, -0.2) is 4.39 Å². The maximum atomic E-state index is 13.4. The van der Waals surface area contributed by atoms with Crippen molar-refractivity contribution in [2.24, 2.45) is 11.8 Å². The molecular formula is C19H27FN2O3. The molecule has 0 saturated carbocycles. The molecule has 1 aromatic carbocycles. The van der Waals surface area contributed by atoms with Crippen molar-refractivity contribution >= 4 is 5.91 Å². The predicted molar refractivity (Wildman–Crippen MR) is 92.7 cm³/mol. The van der Waals surface area contributed by atoms with Crippen molar-refractivity contribution in [2.45, 2.75) is 13.3 Å². The number of hydrogen-bond acceptors (Lipinski definition) is 4. The summed E-state index contributed by atoms with van der Waals surface area (Å²) in [6, 6.07) is 4.82. The zero-order valence-corrected chi connectivity index (χ0v) is 14.8. The van der Waals surface area contributed by atoms with Crippen LogP contribution in [0, 0.1) is 24.6 Å². The summed E-state index contributed by atoms with van der Waals surface area (Å²) in [5, 5.41) is 9.70. The topological polar surface area (TPSA) is 53.0 Å². The number of rotatable bonds is 5. The van der Waals surface area contributed by atoms with E-state index in [1.165, 1.54) is 6.07 Å². The van der Waals surface area contributed by atoms with E-state index in [2.05, 4.69) is 4.90 Å². The van der Waals surface area contributed by atoms with E-state index in [-0.39, 0.29) is 30.7 Å². The summed E-state index contributed by atoms with van der Waals surface area (Å²) in [6.45, 7) is 7.33. The Balaban J connectivity index is 1.58. The molecule has 5 nitrogen and oxygen atoms in total. The van der Waals surface area contributed by atoms with Gasteiger partial charge in [0.1, 0.15) is 5.82 Å². The summed E-state index contributed by atoms with van der Waals surface area (Å²) in [4.78, 5) is 16.8. The maximum Gasteiger partial charge on any atom is 0.227 e. The van der Waals surface area contributed by atoms with Crippen molar-refractivity contribution in [3.05, 3.63) is 35.1 Å². The van der Waals surface area contributed by atoms with Crippen molar-refractivity contribution in [3.63, 3.8) is 0 Å². The first-order valence-corrected chi connectivity index (χ1v) is 9.00. The van der Waals surface area contributed by atoms with Crippen LogP contribution in [0.1, 0.15) is 11.1 Å². The van der Waals surface area contributed by atoms with Gasteiger partial charge in [0, 0.05) is 45.2 Å². The van der Waals surface area contributed by atoms with E-state index in [1.54, 1.807) is 19.1 Å². The van der Waals surface area contributed by atoms with E-state index in [0.29, 0.717) is 24.6 Å². The van der Waals surface area contributed by atoms with Gasteiger partial charge in [-0.05, 0) is 30.0 Å². The van der Waals surface area contributed by atoms with E-state index >= 15 is 0 Å². The standard InChI is InChI=1S/C19H27FN2O3/c1-14-8-15(2-3-18(14)20)9-19(24)22-11-16(17(12-22)13-23)10-21-4-6-25-7-5-21/h2-3,8,16-17,23H,4-7,9-13H2,1H3/t16-,17-/m1/s1. The van der Waals surface area contributed by atoms with E-state index in [4.69, 9.17) is 4.74 Å². The Morgan fingerprint density at radius 3 is 2.68 bits per heavy atom. The number of hydrogen-bond donors (Lipinski definition) is 1. The number of aryl methyl sites for hydroxylation is 1. The molecule has 6 heteroatoms. The molecule has 1 N–H and O–H groups in total. The minimum absolute atomic E-state index is 0.0499. The van der Waals surface area contributed by atoms with Gasteiger partial charge in [-0.3, -0.25) is 9.69 Å². The van der Waals surface area contributed by atoms with E-state index in [0.717, 1.165) is 38.4 Å². The number of morpholine rings is 1. The number of nitrogens with zero attached hydrogens (tertiary/aromatic N) is 2. The lowest BCUT2D eigenvalue weighted by Crippen LogP contribution is -2.41. The lowest BCUT2D eigenvalue weighted by molar-refractivity contribution is -0.129. The van der Waals surface area contributed by atoms with E-state index in [9.17, 15) is 14.3 Å². The predicted octanol–water partition coefficient (Wildman–Crippen LogP) is 1.08. The van der Waals surface area contributed by atoms with Crippen LogP contribution >= 0.6 is 0 Å². The van der Waals surface area contributed by atoms with Crippen molar-refractivity contribution in [1.29, 1.82) is 0 Å². The molecule has 0 aromatic heterocycles. The molecule has 2 heterocycles.